The van der Waals surface area contributed by atoms with Gasteiger partial charge in [0.1, 0.15) is 6.54 Å². The van der Waals surface area contributed by atoms with E-state index in [9.17, 15) is 9.59 Å². The molecule has 0 aliphatic heterocycles. The number of amides is 1. The number of carbonyl (C=O) groups is 2. The third-order valence-corrected chi connectivity index (χ3v) is 3.51. The average Bonchev–Trinajstić information content (AvgIpc) is 2.43. The number of hydrogen-bond donors (Lipinski definition) is 1. The van der Waals surface area contributed by atoms with Crippen LogP contribution in [-0.4, -0.2) is 34.5 Å². The lowest BCUT2D eigenvalue weighted by atomic mass is 10.0. The zero-order valence-corrected chi connectivity index (χ0v) is 12.6. The number of carboxylic acids is 1. The second-order valence-corrected chi connectivity index (χ2v) is 5.36. The number of aliphatic carboxylic acids is 1. The topological polar surface area (TPSA) is 57.6 Å². The van der Waals surface area contributed by atoms with Crippen molar-refractivity contribution >= 4 is 11.9 Å². The number of carboxylic acid groups (broad SMARTS) is 1. The fourth-order valence-corrected chi connectivity index (χ4v) is 1.97. The first-order valence-corrected chi connectivity index (χ1v) is 6.99. The second kappa shape index (κ2) is 7.08. The van der Waals surface area contributed by atoms with Crippen LogP contribution in [0, 0.1) is 0 Å². The summed E-state index contributed by atoms with van der Waals surface area (Å²) >= 11 is 0. The average molecular weight is 277 g/mol. The molecular formula is C16H23NO3. The van der Waals surface area contributed by atoms with Gasteiger partial charge >= 0.3 is 5.97 Å². The largest absolute Gasteiger partial charge is 0.480 e. The summed E-state index contributed by atoms with van der Waals surface area (Å²) in [5.41, 5.74) is 1.70. The van der Waals surface area contributed by atoms with Gasteiger partial charge in [-0.3, -0.25) is 9.59 Å². The fraction of sp³-hybridized carbons (Fsp3) is 0.500. The molecule has 0 spiro atoms. The van der Waals surface area contributed by atoms with Crippen LogP contribution in [0.4, 0.5) is 0 Å². The van der Waals surface area contributed by atoms with E-state index >= 15 is 0 Å². The molecule has 0 saturated heterocycles. The highest BCUT2D eigenvalue weighted by atomic mass is 16.4. The molecule has 0 aliphatic rings. The zero-order chi connectivity index (χ0) is 15.3. The van der Waals surface area contributed by atoms with Gasteiger partial charge in [-0.05, 0) is 37.0 Å². The molecule has 110 valence electrons. The maximum absolute atomic E-state index is 12.4. The standard InChI is InChI=1S/C16H23NO3/c1-5-12(4)17(10-15(18)19)16(20)14-8-6-13(7-9-14)11(2)3/h6-9,11-12H,5,10H2,1-4H3,(H,18,19). The summed E-state index contributed by atoms with van der Waals surface area (Å²) in [6, 6.07) is 7.30. The molecule has 0 aromatic heterocycles. The van der Waals surface area contributed by atoms with Crippen LogP contribution in [0.2, 0.25) is 0 Å². The lowest BCUT2D eigenvalue weighted by Gasteiger charge is -2.27. The Labute approximate surface area is 120 Å². The predicted octanol–water partition coefficient (Wildman–Crippen LogP) is 3.14. The van der Waals surface area contributed by atoms with Crippen molar-refractivity contribution in [3.63, 3.8) is 0 Å². The van der Waals surface area contributed by atoms with Crippen LogP contribution in [0.5, 0.6) is 0 Å². The minimum atomic E-state index is -0.988. The number of hydrogen-bond acceptors (Lipinski definition) is 2. The van der Waals surface area contributed by atoms with Crippen molar-refractivity contribution in [3.8, 4) is 0 Å². The number of rotatable bonds is 6. The van der Waals surface area contributed by atoms with E-state index < -0.39 is 5.97 Å². The Morgan fingerprint density at radius 2 is 1.70 bits per heavy atom. The van der Waals surface area contributed by atoms with Crippen LogP contribution in [0.3, 0.4) is 0 Å². The lowest BCUT2D eigenvalue weighted by molar-refractivity contribution is -0.138. The number of carbonyl (C=O) groups excluding carboxylic acids is 1. The monoisotopic (exact) mass is 277 g/mol. The van der Waals surface area contributed by atoms with E-state index in [-0.39, 0.29) is 18.5 Å². The molecule has 1 atom stereocenters. The molecule has 1 aromatic carbocycles. The van der Waals surface area contributed by atoms with Crippen molar-refractivity contribution in [2.75, 3.05) is 6.54 Å². The van der Waals surface area contributed by atoms with Gasteiger partial charge in [-0.15, -0.1) is 0 Å². The highest BCUT2D eigenvalue weighted by Gasteiger charge is 2.22. The molecule has 4 heteroatoms. The third-order valence-electron chi connectivity index (χ3n) is 3.51. The van der Waals surface area contributed by atoms with Crippen LogP contribution in [0.15, 0.2) is 24.3 Å². The van der Waals surface area contributed by atoms with Gasteiger partial charge in [0.25, 0.3) is 5.91 Å². The summed E-state index contributed by atoms with van der Waals surface area (Å²) < 4.78 is 0. The summed E-state index contributed by atoms with van der Waals surface area (Å²) in [5.74, 6) is -0.807. The van der Waals surface area contributed by atoms with Gasteiger partial charge in [0, 0.05) is 11.6 Å². The van der Waals surface area contributed by atoms with Crippen molar-refractivity contribution in [1.82, 2.24) is 4.90 Å². The fourth-order valence-electron chi connectivity index (χ4n) is 1.97. The molecule has 0 radical (unpaired) electrons. The van der Waals surface area contributed by atoms with Crippen LogP contribution in [0.25, 0.3) is 0 Å². The van der Waals surface area contributed by atoms with Gasteiger partial charge < -0.3 is 10.0 Å². The van der Waals surface area contributed by atoms with Crippen molar-refractivity contribution in [2.45, 2.75) is 46.1 Å². The van der Waals surface area contributed by atoms with Gasteiger partial charge in [0.15, 0.2) is 0 Å². The highest BCUT2D eigenvalue weighted by Crippen LogP contribution is 2.17. The van der Waals surface area contributed by atoms with Crippen LogP contribution >= 0.6 is 0 Å². The van der Waals surface area contributed by atoms with Gasteiger partial charge in [-0.2, -0.15) is 0 Å². The Morgan fingerprint density at radius 1 is 1.15 bits per heavy atom. The summed E-state index contributed by atoms with van der Waals surface area (Å²) in [6.07, 6.45) is 0.725. The Bertz CT molecular complexity index is 465. The van der Waals surface area contributed by atoms with E-state index in [4.69, 9.17) is 5.11 Å². The van der Waals surface area contributed by atoms with E-state index in [1.807, 2.05) is 26.0 Å². The second-order valence-electron chi connectivity index (χ2n) is 5.36. The molecule has 0 bridgehead atoms. The third kappa shape index (κ3) is 4.08. The molecule has 1 amide bonds. The van der Waals surface area contributed by atoms with Crippen LogP contribution < -0.4 is 0 Å². The van der Waals surface area contributed by atoms with E-state index in [2.05, 4.69) is 13.8 Å². The molecule has 0 heterocycles. The first-order valence-electron chi connectivity index (χ1n) is 6.99. The van der Waals surface area contributed by atoms with Crippen LogP contribution in [0.1, 0.15) is 56.0 Å². The van der Waals surface area contributed by atoms with Crippen LogP contribution in [-0.2, 0) is 4.79 Å². The van der Waals surface area contributed by atoms with E-state index in [0.29, 0.717) is 11.5 Å². The molecule has 0 fully saturated rings. The Morgan fingerprint density at radius 3 is 2.10 bits per heavy atom. The minimum absolute atomic E-state index is 0.0941. The summed E-state index contributed by atoms with van der Waals surface area (Å²) in [4.78, 5) is 24.7. The van der Waals surface area contributed by atoms with Gasteiger partial charge in [0.05, 0.1) is 0 Å². The molecule has 1 N–H and O–H groups in total. The highest BCUT2D eigenvalue weighted by molar-refractivity contribution is 5.96. The summed E-state index contributed by atoms with van der Waals surface area (Å²) in [6.45, 7) is 7.72. The normalized spacial score (nSPS) is 12.2. The molecule has 0 saturated carbocycles. The predicted molar refractivity (Wildman–Crippen MR) is 79.0 cm³/mol. The molecule has 4 nitrogen and oxygen atoms in total. The Kier molecular flexibility index (Phi) is 5.74. The molecule has 1 unspecified atom stereocenters. The summed E-state index contributed by atoms with van der Waals surface area (Å²) in [7, 11) is 0. The van der Waals surface area contributed by atoms with E-state index in [1.54, 1.807) is 12.1 Å². The minimum Gasteiger partial charge on any atom is -0.480 e. The molecule has 1 rings (SSSR count). The maximum atomic E-state index is 12.4. The zero-order valence-electron chi connectivity index (χ0n) is 12.6. The SMILES string of the molecule is CCC(C)N(CC(=O)O)C(=O)c1ccc(C(C)C)cc1. The van der Waals surface area contributed by atoms with Crippen molar-refractivity contribution in [3.05, 3.63) is 35.4 Å². The number of nitrogens with zero attached hydrogens (tertiary/aromatic N) is 1. The summed E-state index contributed by atoms with van der Waals surface area (Å²) in [5, 5.41) is 8.95. The van der Waals surface area contributed by atoms with Gasteiger partial charge in [-0.25, -0.2) is 0 Å². The Balaban J connectivity index is 2.96. The van der Waals surface area contributed by atoms with Crippen molar-refractivity contribution < 1.29 is 14.7 Å². The maximum Gasteiger partial charge on any atom is 0.323 e. The smallest absolute Gasteiger partial charge is 0.323 e. The first kappa shape index (κ1) is 16.2. The van der Waals surface area contributed by atoms with Gasteiger partial charge in [-0.1, -0.05) is 32.9 Å². The van der Waals surface area contributed by atoms with Gasteiger partial charge in [0.2, 0.25) is 0 Å². The number of benzene rings is 1. The quantitative estimate of drug-likeness (QED) is 0.869. The first-order chi connectivity index (χ1) is 9.36. The Hall–Kier alpha value is -1.84. The lowest BCUT2D eigenvalue weighted by Crippen LogP contribution is -2.41. The molecule has 1 aromatic rings. The molecular weight excluding hydrogens is 254 g/mol. The molecule has 0 aliphatic carbocycles. The van der Waals surface area contributed by atoms with Crippen molar-refractivity contribution in [2.24, 2.45) is 0 Å². The van der Waals surface area contributed by atoms with Crippen molar-refractivity contribution in [1.29, 1.82) is 0 Å². The van der Waals surface area contributed by atoms with E-state index in [1.165, 1.54) is 4.90 Å². The molecule has 20 heavy (non-hydrogen) atoms. The van der Waals surface area contributed by atoms with E-state index in [0.717, 1.165) is 12.0 Å².